The van der Waals surface area contributed by atoms with E-state index >= 15 is 0 Å². The monoisotopic (exact) mass is 326 g/mol. The largest absolute Gasteiger partial charge is 0.353 e. The fraction of sp³-hybridized carbons (Fsp3) is 0.474. The summed E-state index contributed by atoms with van der Waals surface area (Å²) in [6, 6.07) is 10.3. The molecule has 0 fully saturated rings. The van der Waals surface area contributed by atoms with Gasteiger partial charge in [0.25, 0.3) is 0 Å². The Labute approximate surface area is 143 Å². The quantitative estimate of drug-likeness (QED) is 0.917. The number of hydrogen-bond donors (Lipinski definition) is 1. The van der Waals surface area contributed by atoms with Crippen molar-refractivity contribution in [3.63, 3.8) is 0 Å². The molecule has 1 N–H and O–H groups in total. The fourth-order valence-electron chi connectivity index (χ4n) is 3.38. The first-order chi connectivity index (χ1) is 11.5. The van der Waals surface area contributed by atoms with Gasteiger partial charge in [-0.25, -0.2) is 0 Å². The lowest BCUT2D eigenvalue weighted by molar-refractivity contribution is -0.124. The van der Waals surface area contributed by atoms with Crippen LogP contribution in [0.3, 0.4) is 0 Å². The van der Waals surface area contributed by atoms with Gasteiger partial charge in [-0.2, -0.15) is 5.10 Å². The molecule has 1 unspecified atom stereocenters. The van der Waals surface area contributed by atoms with Crippen LogP contribution in [0.1, 0.15) is 35.5 Å². The van der Waals surface area contributed by atoms with Crippen molar-refractivity contribution in [1.29, 1.82) is 0 Å². The lowest BCUT2D eigenvalue weighted by atomic mass is 10.00. The number of nitrogens with zero attached hydrogens (tertiary/aromatic N) is 3. The summed E-state index contributed by atoms with van der Waals surface area (Å²) >= 11 is 0. The maximum atomic E-state index is 12.4. The molecule has 0 bridgehead atoms. The zero-order valence-corrected chi connectivity index (χ0v) is 14.7. The molecule has 3 rings (SSSR count). The summed E-state index contributed by atoms with van der Waals surface area (Å²) in [6.45, 7) is 9.40. The maximum absolute atomic E-state index is 12.4. The van der Waals surface area contributed by atoms with E-state index in [1.807, 2.05) is 26.8 Å². The minimum atomic E-state index is -0.277. The first-order valence-electron chi connectivity index (χ1n) is 8.64. The smallest absolute Gasteiger partial charge is 0.244 e. The van der Waals surface area contributed by atoms with E-state index in [1.54, 1.807) is 4.68 Å². The Balaban J connectivity index is 1.48. The molecule has 5 heteroatoms. The first-order valence-corrected chi connectivity index (χ1v) is 8.64. The maximum Gasteiger partial charge on any atom is 0.244 e. The summed E-state index contributed by atoms with van der Waals surface area (Å²) in [5.41, 5.74) is 4.82. The summed E-state index contributed by atoms with van der Waals surface area (Å²) in [6.07, 6.45) is 1.09. The predicted octanol–water partition coefficient (Wildman–Crippen LogP) is 2.24. The fourth-order valence-corrected chi connectivity index (χ4v) is 3.38. The van der Waals surface area contributed by atoms with Crippen LogP contribution >= 0.6 is 0 Å². The Kier molecular flexibility index (Phi) is 5.00. The molecule has 2 aromatic rings. The summed E-state index contributed by atoms with van der Waals surface area (Å²) in [7, 11) is 0. The van der Waals surface area contributed by atoms with Crippen molar-refractivity contribution >= 4 is 5.91 Å². The molecule has 24 heavy (non-hydrogen) atoms. The second kappa shape index (κ2) is 7.18. The lowest BCUT2D eigenvalue weighted by Gasteiger charge is -2.28. The molecule has 1 aromatic carbocycles. The van der Waals surface area contributed by atoms with E-state index in [-0.39, 0.29) is 11.9 Å². The molecule has 0 aliphatic carbocycles. The molecule has 1 aromatic heterocycles. The molecule has 0 spiro atoms. The summed E-state index contributed by atoms with van der Waals surface area (Å²) in [5.74, 6) is 0.0265. The van der Waals surface area contributed by atoms with Gasteiger partial charge < -0.3 is 5.32 Å². The number of benzene rings is 1. The van der Waals surface area contributed by atoms with Crippen LogP contribution in [0.2, 0.25) is 0 Å². The van der Waals surface area contributed by atoms with E-state index in [4.69, 9.17) is 0 Å². The van der Waals surface area contributed by atoms with E-state index in [1.165, 1.54) is 11.1 Å². The van der Waals surface area contributed by atoms with Crippen LogP contribution in [0.5, 0.6) is 0 Å². The summed E-state index contributed by atoms with van der Waals surface area (Å²) in [4.78, 5) is 14.8. The van der Waals surface area contributed by atoms with Crippen molar-refractivity contribution in [2.24, 2.45) is 0 Å². The van der Waals surface area contributed by atoms with Gasteiger partial charge in [0.05, 0.1) is 5.69 Å². The molecular formula is C19H26N4O. The van der Waals surface area contributed by atoms with Gasteiger partial charge in [-0.1, -0.05) is 24.3 Å². The third-order valence-electron chi connectivity index (χ3n) is 4.73. The minimum absolute atomic E-state index is 0.0265. The Morgan fingerprint density at radius 3 is 2.75 bits per heavy atom. The molecule has 0 saturated carbocycles. The topological polar surface area (TPSA) is 50.2 Å². The highest BCUT2D eigenvalue weighted by molar-refractivity contribution is 5.79. The van der Waals surface area contributed by atoms with Crippen LogP contribution in [0.15, 0.2) is 30.3 Å². The second-order valence-corrected chi connectivity index (χ2v) is 6.63. The normalized spacial score (nSPS) is 15.8. The highest BCUT2D eigenvalue weighted by atomic mass is 16.2. The Bertz CT molecular complexity index is 722. The van der Waals surface area contributed by atoms with Crippen LogP contribution in [0, 0.1) is 13.8 Å². The number of rotatable bonds is 5. The van der Waals surface area contributed by atoms with E-state index in [9.17, 15) is 4.79 Å². The molecule has 0 radical (unpaired) electrons. The lowest BCUT2D eigenvalue weighted by Crippen LogP contribution is -2.40. The number of aromatic nitrogens is 2. The molecule has 1 aliphatic rings. The highest BCUT2D eigenvalue weighted by Gasteiger charge is 2.19. The second-order valence-electron chi connectivity index (χ2n) is 6.63. The predicted molar refractivity (Wildman–Crippen MR) is 94.8 cm³/mol. The molecule has 0 saturated heterocycles. The minimum Gasteiger partial charge on any atom is -0.353 e. The van der Waals surface area contributed by atoms with Gasteiger partial charge in [0.15, 0.2) is 0 Å². The van der Waals surface area contributed by atoms with Gasteiger partial charge in [0, 0.05) is 31.9 Å². The molecular weight excluding hydrogens is 300 g/mol. The van der Waals surface area contributed by atoms with E-state index in [0.717, 1.165) is 37.4 Å². The summed E-state index contributed by atoms with van der Waals surface area (Å²) < 4.78 is 1.79. The zero-order chi connectivity index (χ0) is 17.1. The molecule has 1 aliphatic heterocycles. The van der Waals surface area contributed by atoms with Crippen LogP contribution < -0.4 is 5.32 Å². The van der Waals surface area contributed by atoms with E-state index in [0.29, 0.717) is 6.54 Å². The SMILES string of the molecule is Cc1cc(C)n(C(C)C(=O)NCCN2CCc3ccccc3C2)n1. The van der Waals surface area contributed by atoms with E-state index < -0.39 is 0 Å². The van der Waals surface area contributed by atoms with Gasteiger partial charge in [0.2, 0.25) is 5.91 Å². The van der Waals surface area contributed by atoms with Crippen molar-refractivity contribution in [3.05, 3.63) is 52.8 Å². The summed E-state index contributed by atoms with van der Waals surface area (Å²) in [5, 5.41) is 7.45. The Hall–Kier alpha value is -2.14. The third-order valence-corrected chi connectivity index (χ3v) is 4.73. The molecule has 1 amide bonds. The van der Waals surface area contributed by atoms with E-state index in [2.05, 4.69) is 39.6 Å². The average molecular weight is 326 g/mol. The van der Waals surface area contributed by atoms with Gasteiger partial charge >= 0.3 is 0 Å². The Morgan fingerprint density at radius 1 is 1.29 bits per heavy atom. The number of nitrogens with one attached hydrogen (secondary N) is 1. The number of carbonyl (C=O) groups excluding carboxylic acids is 1. The van der Waals surface area contributed by atoms with Crippen LogP contribution in [-0.2, 0) is 17.8 Å². The number of carbonyl (C=O) groups is 1. The Morgan fingerprint density at radius 2 is 2.04 bits per heavy atom. The number of aryl methyl sites for hydroxylation is 2. The number of amides is 1. The van der Waals surface area contributed by atoms with Gasteiger partial charge in [0.1, 0.15) is 6.04 Å². The van der Waals surface area contributed by atoms with Crippen LogP contribution in [0.25, 0.3) is 0 Å². The van der Waals surface area contributed by atoms with Crippen molar-refractivity contribution in [1.82, 2.24) is 20.0 Å². The third kappa shape index (κ3) is 3.67. The van der Waals surface area contributed by atoms with Gasteiger partial charge in [-0.3, -0.25) is 14.4 Å². The standard InChI is InChI=1S/C19H26N4O/c1-14-12-15(2)23(21-14)16(3)19(24)20-9-11-22-10-8-17-6-4-5-7-18(17)13-22/h4-7,12,16H,8-11,13H2,1-3H3,(H,20,24). The van der Waals surface area contributed by atoms with Crippen molar-refractivity contribution < 1.29 is 4.79 Å². The number of fused-ring (bicyclic) bond motifs is 1. The van der Waals surface area contributed by atoms with Crippen molar-refractivity contribution in [2.45, 2.75) is 39.8 Å². The van der Waals surface area contributed by atoms with Gasteiger partial charge in [-0.15, -0.1) is 0 Å². The van der Waals surface area contributed by atoms with Crippen LogP contribution in [0.4, 0.5) is 0 Å². The molecule has 2 heterocycles. The molecule has 5 nitrogen and oxygen atoms in total. The molecule has 1 atom stereocenters. The van der Waals surface area contributed by atoms with Crippen molar-refractivity contribution in [3.8, 4) is 0 Å². The van der Waals surface area contributed by atoms with Crippen LogP contribution in [-0.4, -0.2) is 40.2 Å². The molecule has 128 valence electrons. The average Bonchev–Trinajstić information content (AvgIpc) is 2.92. The highest BCUT2D eigenvalue weighted by Crippen LogP contribution is 2.17. The van der Waals surface area contributed by atoms with Crippen molar-refractivity contribution in [2.75, 3.05) is 19.6 Å². The zero-order valence-electron chi connectivity index (χ0n) is 14.7. The van der Waals surface area contributed by atoms with Gasteiger partial charge in [-0.05, 0) is 44.4 Å². The first kappa shape index (κ1) is 16.7. The number of hydrogen-bond acceptors (Lipinski definition) is 3.